The summed E-state index contributed by atoms with van der Waals surface area (Å²) >= 11 is 0. The number of aromatic nitrogens is 1. The molecule has 2 aliphatic rings. The van der Waals surface area contributed by atoms with E-state index in [-0.39, 0.29) is 5.91 Å². The summed E-state index contributed by atoms with van der Waals surface area (Å²) < 4.78 is 0. The van der Waals surface area contributed by atoms with E-state index in [9.17, 15) is 4.79 Å². The second-order valence-electron chi connectivity index (χ2n) is 7.69. The predicted molar refractivity (Wildman–Crippen MR) is 102 cm³/mol. The molecule has 2 fully saturated rings. The highest BCUT2D eigenvalue weighted by Crippen LogP contribution is 2.27. The van der Waals surface area contributed by atoms with Crippen LogP contribution in [-0.2, 0) is 0 Å². The maximum atomic E-state index is 13.0. The maximum absolute atomic E-state index is 13.0. The second kappa shape index (κ2) is 7.03. The zero-order valence-corrected chi connectivity index (χ0v) is 15.0. The number of anilines is 1. The highest BCUT2D eigenvalue weighted by Gasteiger charge is 2.23. The van der Waals surface area contributed by atoms with Gasteiger partial charge in [0, 0.05) is 24.5 Å². The number of pyridine rings is 1. The molecule has 1 aromatic carbocycles. The molecule has 4 nitrogen and oxygen atoms in total. The third kappa shape index (κ3) is 3.48. The predicted octanol–water partition coefficient (Wildman–Crippen LogP) is 4.14. The van der Waals surface area contributed by atoms with Gasteiger partial charge in [-0.3, -0.25) is 4.79 Å². The molecule has 1 aromatic heterocycles. The molecule has 132 valence electrons. The van der Waals surface area contributed by atoms with Gasteiger partial charge in [0.2, 0.25) is 0 Å². The molecular weight excluding hydrogens is 310 g/mol. The van der Waals surface area contributed by atoms with Crippen LogP contribution < -0.4 is 10.2 Å². The third-order valence-corrected chi connectivity index (χ3v) is 5.62. The summed E-state index contributed by atoms with van der Waals surface area (Å²) in [5, 5.41) is 4.19. The Bertz CT molecular complexity index is 767. The highest BCUT2D eigenvalue weighted by atomic mass is 16.1. The van der Waals surface area contributed by atoms with Gasteiger partial charge < -0.3 is 10.2 Å². The van der Waals surface area contributed by atoms with Crippen LogP contribution in [0.1, 0.15) is 55.8 Å². The van der Waals surface area contributed by atoms with E-state index < -0.39 is 0 Å². The van der Waals surface area contributed by atoms with Crippen LogP contribution in [0, 0.1) is 5.92 Å². The molecule has 2 aromatic rings. The Morgan fingerprint density at radius 3 is 2.76 bits per heavy atom. The van der Waals surface area contributed by atoms with Gasteiger partial charge in [0.1, 0.15) is 5.82 Å². The van der Waals surface area contributed by atoms with Crippen molar-refractivity contribution < 1.29 is 4.79 Å². The molecule has 1 saturated carbocycles. The number of fused-ring (bicyclic) bond motifs is 1. The number of nitrogens with one attached hydrogen (secondary N) is 1. The molecule has 0 radical (unpaired) electrons. The summed E-state index contributed by atoms with van der Waals surface area (Å²) in [4.78, 5) is 20.2. The topological polar surface area (TPSA) is 45.2 Å². The van der Waals surface area contributed by atoms with Crippen molar-refractivity contribution in [3.8, 4) is 0 Å². The molecule has 4 heteroatoms. The largest absolute Gasteiger partial charge is 0.356 e. The Labute approximate surface area is 149 Å². The van der Waals surface area contributed by atoms with Crippen LogP contribution in [0.3, 0.4) is 0 Å². The lowest BCUT2D eigenvalue weighted by molar-refractivity contribution is 0.0939. The van der Waals surface area contributed by atoms with E-state index in [4.69, 9.17) is 4.98 Å². The second-order valence-corrected chi connectivity index (χ2v) is 7.69. The molecule has 0 unspecified atom stereocenters. The first kappa shape index (κ1) is 16.4. The van der Waals surface area contributed by atoms with Crippen molar-refractivity contribution in [1.82, 2.24) is 10.3 Å². The number of para-hydroxylation sites is 1. The van der Waals surface area contributed by atoms with Gasteiger partial charge in [-0.05, 0) is 43.7 Å². The molecule has 1 N–H and O–H groups in total. The van der Waals surface area contributed by atoms with Crippen molar-refractivity contribution in [1.29, 1.82) is 0 Å². The smallest absolute Gasteiger partial charge is 0.252 e. The number of piperidine rings is 1. The average Bonchev–Trinajstić information content (AvgIpc) is 3.13. The van der Waals surface area contributed by atoms with Gasteiger partial charge in [0.25, 0.3) is 5.91 Å². The standard InChI is InChI=1S/C21H27N3O/c1-15-7-6-12-24(14-15)20-13-18(17-10-4-5-11-19(17)23-20)21(25)22-16-8-2-3-9-16/h4-5,10-11,13,15-16H,2-3,6-9,12,14H2,1H3,(H,22,25)/t15-/m0/s1. The van der Waals surface area contributed by atoms with Gasteiger partial charge >= 0.3 is 0 Å². The van der Waals surface area contributed by atoms with E-state index >= 15 is 0 Å². The van der Waals surface area contributed by atoms with E-state index in [1.165, 1.54) is 25.7 Å². The molecule has 1 aliphatic carbocycles. The number of carbonyl (C=O) groups excluding carboxylic acids is 1. The molecule has 1 aliphatic heterocycles. The lowest BCUT2D eigenvalue weighted by Crippen LogP contribution is -2.36. The number of rotatable bonds is 3. The first-order valence-corrected chi connectivity index (χ1v) is 9.66. The number of hydrogen-bond donors (Lipinski definition) is 1. The van der Waals surface area contributed by atoms with Gasteiger partial charge in [0.15, 0.2) is 0 Å². The maximum Gasteiger partial charge on any atom is 0.252 e. The Kier molecular flexibility index (Phi) is 4.60. The summed E-state index contributed by atoms with van der Waals surface area (Å²) in [6, 6.07) is 10.3. The zero-order valence-electron chi connectivity index (χ0n) is 15.0. The van der Waals surface area contributed by atoms with E-state index in [1.54, 1.807) is 0 Å². The van der Waals surface area contributed by atoms with Crippen LogP contribution in [0.4, 0.5) is 5.82 Å². The minimum Gasteiger partial charge on any atom is -0.356 e. The van der Waals surface area contributed by atoms with Crippen LogP contribution >= 0.6 is 0 Å². The van der Waals surface area contributed by atoms with E-state index in [1.807, 2.05) is 30.3 Å². The van der Waals surface area contributed by atoms with Crippen molar-refractivity contribution >= 4 is 22.6 Å². The van der Waals surface area contributed by atoms with Gasteiger partial charge in [0.05, 0.1) is 11.1 Å². The fraction of sp³-hybridized carbons (Fsp3) is 0.524. The lowest BCUT2D eigenvalue weighted by atomic mass is 10.00. The number of carbonyl (C=O) groups is 1. The van der Waals surface area contributed by atoms with Gasteiger partial charge in [-0.1, -0.05) is 38.0 Å². The molecule has 2 heterocycles. The van der Waals surface area contributed by atoms with Crippen molar-refractivity contribution in [2.24, 2.45) is 5.92 Å². The normalized spacial score (nSPS) is 21.6. The summed E-state index contributed by atoms with van der Waals surface area (Å²) in [7, 11) is 0. The third-order valence-electron chi connectivity index (χ3n) is 5.62. The van der Waals surface area contributed by atoms with Crippen molar-refractivity contribution in [3.05, 3.63) is 35.9 Å². The number of benzene rings is 1. The Hall–Kier alpha value is -2.10. The molecule has 0 bridgehead atoms. The van der Waals surface area contributed by atoms with Crippen LogP contribution in [0.2, 0.25) is 0 Å². The fourth-order valence-electron chi connectivity index (χ4n) is 4.24. The molecule has 0 spiro atoms. The van der Waals surface area contributed by atoms with E-state index in [2.05, 4.69) is 17.1 Å². The summed E-state index contributed by atoms with van der Waals surface area (Å²) in [6.45, 7) is 4.34. The van der Waals surface area contributed by atoms with Gasteiger partial charge in [-0.25, -0.2) is 4.98 Å². The Morgan fingerprint density at radius 2 is 1.96 bits per heavy atom. The molecule has 1 amide bonds. The van der Waals surface area contributed by atoms with Crippen molar-refractivity contribution in [3.63, 3.8) is 0 Å². The molecule has 4 rings (SSSR count). The van der Waals surface area contributed by atoms with Gasteiger partial charge in [-0.2, -0.15) is 0 Å². The summed E-state index contributed by atoms with van der Waals surface area (Å²) in [5.41, 5.74) is 1.68. The number of hydrogen-bond acceptors (Lipinski definition) is 3. The minimum atomic E-state index is 0.0526. The quantitative estimate of drug-likeness (QED) is 0.915. The summed E-state index contributed by atoms with van der Waals surface area (Å²) in [5.74, 6) is 1.68. The molecule has 1 atom stereocenters. The molecular formula is C21H27N3O. The van der Waals surface area contributed by atoms with Crippen molar-refractivity contribution in [2.75, 3.05) is 18.0 Å². The average molecular weight is 337 g/mol. The number of nitrogens with zero attached hydrogens (tertiary/aromatic N) is 2. The van der Waals surface area contributed by atoms with Crippen LogP contribution in [0.5, 0.6) is 0 Å². The number of amides is 1. The van der Waals surface area contributed by atoms with Crippen LogP contribution in [0.25, 0.3) is 10.9 Å². The first-order valence-electron chi connectivity index (χ1n) is 9.66. The fourth-order valence-corrected chi connectivity index (χ4v) is 4.24. The Balaban J connectivity index is 1.69. The van der Waals surface area contributed by atoms with E-state index in [0.29, 0.717) is 12.0 Å². The minimum absolute atomic E-state index is 0.0526. The Morgan fingerprint density at radius 1 is 1.16 bits per heavy atom. The zero-order chi connectivity index (χ0) is 17.2. The monoisotopic (exact) mass is 337 g/mol. The SMILES string of the molecule is C[C@H]1CCCN(c2cc(C(=O)NC3CCCC3)c3ccccc3n2)C1. The van der Waals surface area contributed by atoms with E-state index in [0.717, 1.165) is 48.2 Å². The van der Waals surface area contributed by atoms with Crippen LogP contribution in [-0.4, -0.2) is 30.0 Å². The molecule has 1 saturated heterocycles. The first-order chi connectivity index (χ1) is 12.2. The van der Waals surface area contributed by atoms with Crippen molar-refractivity contribution in [2.45, 2.75) is 51.5 Å². The van der Waals surface area contributed by atoms with Gasteiger partial charge in [-0.15, -0.1) is 0 Å². The summed E-state index contributed by atoms with van der Waals surface area (Å²) in [6.07, 6.45) is 7.12. The highest BCUT2D eigenvalue weighted by molar-refractivity contribution is 6.07. The lowest BCUT2D eigenvalue weighted by Gasteiger charge is -2.32. The molecule has 25 heavy (non-hydrogen) atoms. The van der Waals surface area contributed by atoms with Crippen LogP contribution in [0.15, 0.2) is 30.3 Å².